The summed E-state index contributed by atoms with van der Waals surface area (Å²) in [6, 6.07) is 3.63. The minimum atomic E-state index is -4.40. The van der Waals surface area contributed by atoms with Crippen LogP contribution < -0.4 is 5.32 Å². The molecule has 0 aliphatic rings. The Morgan fingerprint density at radius 1 is 1.31 bits per heavy atom. The third kappa shape index (κ3) is 4.20. The largest absolute Gasteiger partial charge is 0.465 e. The standard InChI is InChI=1S/C17H13ClF2N4O4S/c18-11-6-12(8-21-7-11)29(27,28)24-9-10(3-5-23-17(25)26)14(19)15(24)13-2-1-4-22-16(13)20/h1-2,4,6-9,23H,3,5H2,(H,25,26). The molecule has 0 bridgehead atoms. The lowest BCUT2D eigenvalue weighted by Gasteiger charge is -2.11. The Morgan fingerprint density at radius 3 is 2.72 bits per heavy atom. The molecular formula is C17H13ClF2N4O4S. The second-order valence-electron chi connectivity index (χ2n) is 5.78. The zero-order valence-corrected chi connectivity index (χ0v) is 16.1. The number of carbonyl (C=O) groups is 1. The van der Waals surface area contributed by atoms with Gasteiger partial charge in [0.2, 0.25) is 5.95 Å². The van der Waals surface area contributed by atoms with Gasteiger partial charge in [-0.3, -0.25) is 4.98 Å². The van der Waals surface area contributed by atoms with E-state index in [-0.39, 0.29) is 34.0 Å². The van der Waals surface area contributed by atoms with Gasteiger partial charge in [0.05, 0.1) is 10.6 Å². The molecule has 0 saturated heterocycles. The number of carboxylic acid groups (broad SMARTS) is 1. The lowest BCUT2D eigenvalue weighted by molar-refractivity contribution is 0.194. The molecule has 0 fully saturated rings. The van der Waals surface area contributed by atoms with Crippen molar-refractivity contribution in [2.75, 3.05) is 6.54 Å². The van der Waals surface area contributed by atoms with Crippen molar-refractivity contribution in [3.8, 4) is 11.3 Å². The van der Waals surface area contributed by atoms with Crippen LogP contribution in [0.25, 0.3) is 11.3 Å². The maximum absolute atomic E-state index is 15.1. The second kappa shape index (κ2) is 8.13. The average molecular weight is 443 g/mol. The highest BCUT2D eigenvalue weighted by Gasteiger charge is 2.28. The van der Waals surface area contributed by atoms with E-state index in [0.29, 0.717) is 3.97 Å². The first-order valence-corrected chi connectivity index (χ1v) is 9.87. The molecule has 0 spiro atoms. The van der Waals surface area contributed by atoms with E-state index in [1.807, 2.05) is 0 Å². The number of halogens is 3. The molecule has 1 amide bonds. The van der Waals surface area contributed by atoms with E-state index in [1.54, 1.807) is 0 Å². The second-order valence-corrected chi connectivity index (χ2v) is 8.03. The lowest BCUT2D eigenvalue weighted by Crippen LogP contribution is -2.23. The molecule has 2 N–H and O–H groups in total. The number of nitrogens with zero attached hydrogens (tertiary/aromatic N) is 3. The Morgan fingerprint density at radius 2 is 2.07 bits per heavy atom. The van der Waals surface area contributed by atoms with Gasteiger partial charge < -0.3 is 10.4 Å². The normalized spacial score (nSPS) is 11.4. The fourth-order valence-corrected chi connectivity index (χ4v) is 4.25. The van der Waals surface area contributed by atoms with Crippen molar-refractivity contribution < 1.29 is 27.1 Å². The third-order valence-corrected chi connectivity index (χ3v) is 5.74. The fraction of sp³-hybridized carbons (Fsp3) is 0.118. The van der Waals surface area contributed by atoms with Crippen molar-refractivity contribution >= 4 is 27.7 Å². The molecule has 0 unspecified atom stereocenters. The fourth-order valence-electron chi connectivity index (χ4n) is 2.63. The number of amides is 1. The SMILES string of the molecule is O=C(O)NCCc1cn(S(=O)(=O)c2cncc(Cl)c2)c(-c2cccnc2F)c1F. The van der Waals surface area contributed by atoms with E-state index in [9.17, 15) is 17.6 Å². The molecule has 3 rings (SSSR count). The number of pyridine rings is 2. The van der Waals surface area contributed by atoms with Gasteiger partial charge in [-0.25, -0.2) is 26.6 Å². The summed E-state index contributed by atoms with van der Waals surface area (Å²) in [4.78, 5) is 17.4. The zero-order valence-electron chi connectivity index (χ0n) is 14.5. The predicted molar refractivity (Wildman–Crippen MR) is 99.1 cm³/mol. The van der Waals surface area contributed by atoms with E-state index in [0.717, 1.165) is 24.7 Å². The molecule has 0 radical (unpaired) electrons. The van der Waals surface area contributed by atoms with E-state index in [1.165, 1.54) is 18.3 Å². The lowest BCUT2D eigenvalue weighted by atomic mass is 10.1. The molecule has 12 heteroatoms. The first-order valence-electron chi connectivity index (χ1n) is 8.05. The molecular weight excluding hydrogens is 430 g/mol. The van der Waals surface area contributed by atoms with Gasteiger partial charge in [-0.2, -0.15) is 4.39 Å². The molecule has 0 atom stereocenters. The Bertz CT molecular complexity index is 1180. The highest BCUT2D eigenvalue weighted by atomic mass is 35.5. The summed E-state index contributed by atoms with van der Waals surface area (Å²) < 4.78 is 56.1. The van der Waals surface area contributed by atoms with Crippen LogP contribution in [0.5, 0.6) is 0 Å². The maximum atomic E-state index is 15.1. The minimum Gasteiger partial charge on any atom is -0.465 e. The maximum Gasteiger partial charge on any atom is 0.404 e. The highest BCUT2D eigenvalue weighted by Crippen LogP contribution is 2.32. The van der Waals surface area contributed by atoms with E-state index in [4.69, 9.17) is 16.7 Å². The number of hydrogen-bond donors (Lipinski definition) is 2. The molecule has 3 heterocycles. The average Bonchev–Trinajstić information content (AvgIpc) is 2.99. The first-order chi connectivity index (χ1) is 13.7. The summed E-state index contributed by atoms with van der Waals surface area (Å²) in [5, 5.41) is 10.8. The summed E-state index contributed by atoms with van der Waals surface area (Å²) in [6.45, 7) is -0.177. The molecule has 0 aliphatic carbocycles. The van der Waals surface area contributed by atoms with Crippen LogP contribution in [0.2, 0.25) is 5.02 Å². The highest BCUT2D eigenvalue weighted by molar-refractivity contribution is 7.90. The van der Waals surface area contributed by atoms with E-state index in [2.05, 4.69) is 15.3 Å². The molecule has 0 aromatic carbocycles. The number of hydrogen-bond acceptors (Lipinski definition) is 5. The summed E-state index contributed by atoms with van der Waals surface area (Å²) in [5.41, 5.74) is -1.07. The quantitative estimate of drug-likeness (QED) is 0.567. The van der Waals surface area contributed by atoms with Crippen molar-refractivity contribution in [1.29, 1.82) is 0 Å². The first kappa shape index (κ1) is 20.7. The van der Waals surface area contributed by atoms with Crippen LogP contribution in [0.3, 0.4) is 0 Å². The van der Waals surface area contributed by atoms with Crippen molar-refractivity contribution in [3.05, 3.63) is 65.3 Å². The predicted octanol–water partition coefficient (Wildman–Crippen LogP) is 2.92. The van der Waals surface area contributed by atoms with Crippen LogP contribution in [0, 0.1) is 11.8 Å². The third-order valence-electron chi connectivity index (χ3n) is 3.90. The monoisotopic (exact) mass is 442 g/mol. The van der Waals surface area contributed by atoms with Crippen molar-refractivity contribution in [2.45, 2.75) is 11.3 Å². The van der Waals surface area contributed by atoms with Gasteiger partial charge in [0, 0.05) is 36.9 Å². The summed E-state index contributed by atoms with van der Waals surface area (Å²) in [5.74, 6) is -2.08. The Balaban J connectivity index is 2.19. The van der Waals surface area contributed by atoms with Crippen LogP contribution >= 0.6 is 11.6 Å². The van der Waals surface area contributed by atoms with Crippen LogP contribution in [0.15, 0.2) is 47.9 Å². The zero-order chi connectivity index (χ0) is 21.2. The molecule has 0 saturated carbocycles. The topological polar surface area (TPSA) is 114 Å². The van der Waals surface area contributed by atoms with Gasteiger partial charge in [-0.15, -0.1) is 0 Å². The minimum absolute atomic E-state index is 0.0405. The number of rotatable bonds is 6. The Labute approximate surface area is 168 Å². The van der Waals surface area contributed by atoms with Gasteiger partial charge in [0.25, 0.3) is 10.0 Å². The summed E-state index contributed by atoms with van der Waals surface area (Å²) in [6.07, 6.45) is 2.87. The molecule has 0 aliphatic heterocycles. The smallest absolute Gasteiger partial charge is 0.404 e. The van der Waals surface area contributed by atoms with E-state index >= 15 is 4.39 Å². The van der Waals surface area contributed by atoms with Crippen LogP contribution in [0.4, 0.5) is 13.6 Å². The molecule has 152 valence electrons. The van der Waals surface area contributed by atoms with Gasteiger partial charge in [0.15, 0.2) is 5.82 Å². The number of nitrogens with one attached hydrogen (secondary N) is 1. The van der Waals surface area contributed by atoms with Crippen LogP contribution in [-0.4, -0.2) is 40.1 Å². The molecule has 3 aromatic rings. The molecule has 3 aromatic heterocycles. The van der Waals surface area contributed by atoms with Crippen molar-refractivity contribution in [2.24, 2.45) is 0 Å². The molecule has 29 heavy (non-hydrogen) atoms. The van der Waals surface area contributed by atoms with Gasteiger partial charge in [0.1, 0.15) is 10.6 Å². The Hall–Kier alpha value is -3.05. The van der Waals surface area contributed by atoms with Gasteiger partial charge in [-0.05, 0) is 24.6 Å². The number of aromatic nitrogens is 3. The summed E-state index contributed by atoms with van der Waals surface area (Å²) in [7, 11) is -4.40. The van der Waals surface area contributed by atoms with Gasteiger partial charge >= 0.3 is 6.09 Å². The van der Waals surface area contributed by atoms with Gasteiger partial charge in [-0.1, -0.05) is 11.6 Å². The molecule has 8 nitrogen and oxygen atoms in total. The van der Waals surface area contributed by atoms with E-state index < -0.39 is 33.6 Å². The van der Waals surface area contributed by atoms with Crippen molar-refractivity contribution in [3.63, 3.8) is 0 Å². The van der Waals surface area contributed by atoms with Crippen LogP contribution in [0.1, 0.15) is 5.56 Å². The Kier molecular flexibility index (Phi) is 5.80. The summed E-state index contributed by atoms with van der Waals surface area (Å²) >= 11 is 5.81. The van der Waals surface area contributed by atoms with Crippen molar-refractivity contribution in [1.82, 2.24) is 19.3 Å². The van der Waals surface area contributed by atoms with Crippen LogP contribution in [-0.2, 0) is 16.4 Å².